The minimum absolute atomic E-state index is 0.0311. The molecule has 0 aliphatic heterocycles. The third-order valence-corrected chi connectivity index (χ3v) is 2.90. The van der Waals surface area contributed by atoms with Gasteiger partial charge in [-0.2, -0.15) is 0 Å². The Hall–Kier alpha value is -1.62. The smallest absolute Gasteiger partial charge is 0.257 e. The van der Waals surface area contributed by atoms with Crippen LogP contribution in [0.4, 0.5) is 0 Å². The zero-order valence-corrected chi connectivity index (χ0v) is 13.5. The predicted molar refractivity (Wildman–Crippen MR) is 84.2 cm³/mol. The Kier molecular flexibility index (Phi) is 7.75. The average molecular weight is 293 g/mol. The van der Waals surface area contributed by atoms with E-state index in [0.717, 1.165) is 18.7 Å². The van der Waals surface area contributed by atoms with Gasteiger partial charge < -0.3 is 15.4 Å². The van der Waals surface area contributed by atoms with Crippen LogP contribution in [0.25, 0.3) is 0 Å². The quantitative estimate of drug-likeness (QED) is 0.732. The Labute approximate surface area is 127 Å². The fraction of sp³-hybridized carbons (Fsp3) is 0.625. The molecule has 21 heavy (non-hydrogen) atoms. The second-order valence-electron chi connectivity index (χ2n) is 5.84. The van der Waals surface area contributed by atoms with E-state index < -0.39 is 0 Å². The monoisotopic (exact) mass is 293 g/mol. The zero-order chi connectivity index (χ0) is 15.7. The molecule has 1 heterocycles. The van der Waals surface area contributed by atoms with Crippen LogP contribution < -0.4 is 15.4 Å². The molecule has 1 aromatic rings. The summed E-state index contributed by atoms with van der Waals surface area (Å²) in [7, 11) is 0. The van der Waals surface area contributed by atoms with Crippen molar-refractivity contribution in [2.24, 2.45) is 5.92 Å². The van der Waals surface area contributed by atoms with Crippen LogP contribution >= 0.6 is 0 Å². The van der Waals surface area contributed by atoms with Crippen molar-refractivity contribution >= 4 is 5.91 Å². The van der Waals surface area contributed by atoms with Gasteiger partial charge in [-0.15, -0.1) is 0 Å². The zero-order valence-electron chi connectivity index (χ0n) is 13.5. The number of rotatable bonds is 9. The fourth-order valence-corrected chi connectivity index (χ4v) is 1.61. The molecule has 1 aromatic heterocycles. The number of carbonyl (C=O) groups excluding carboxylic acids is 1. The molecule has 0 aliphatic rings. The number of carbonyl (C=O) groups is 1. The topological polar surface area (TPSA) is 63.2 Å². The molecular formula is C16H27N3O2. The molecular weight excluding hydrogens is 266 g/mol. The van der Waals surface area contributed by atoms with E-state index in [2.05, 4.69) is 43.3 Å². The lowest BCUT2D eigenvalue weighted by atomic mass is 10.1. The van der Waals surface area contributed by atoms with Gasteiger partial charge in [0.15, 0.2) is 6.61 Å². The second kappa shape index (κ2) is 9.34. The minimum atomic E-state index is -0.0961. The number of nitrogens with one attached hydrogen (secondary N) is 2. The molecule has 0 aromatic carbocycles. The molecule has 0 unspecified atom stereocenters. The maximum atomic E-state index is 11.6. The molecule has 1 amide bonds. The molecule has 0 spiro atoms. The molecule has 5 nitrogen and oxygen atoms in total. The largest absolute Gasteiger partial charge is 0.482 e. The third-order valence-electron chi connectivity index (χ3n) is 2.90. The molecule has 1 rings (SSSR count). The normalized spacial score (nSPS) is 11.0. The Balaban J connectivity index is 2.27. The first-order valence-electron chi connectivity index (χ1n) is 7.55. The average Bonchev–Trinajstić information content (AvgIpc) is 2.43. The van der Waals surface area contributed by atoms with Gasteiger partial charge in [-0.25, -0.2) is 0 Å². The minimum Gasteiger partial charge on any atom is -0.482 e. The van der Waals surface area contributed by atoms with Crippen molar-refractivity contribution in [3.8, 4) is 5.75 Å². The predicted octanol–water partition coefficient (Wildman–Crippen LogP) is 2.12. The van der Waals surface area contributed by atoms with Crippen molar-refractivity contribution in [1.29, 1.82) is 0 Å². The first kappa shape index (κ1) is 17.4. The summed E-state index contributed by atoms with van der Waals surface area (Å²) in [6, 6.07) is 4.17. The van der Waals surface area contributed by atoms with Gasteiger partial charge >= 0.3 is 0 Å². The van der Waals surface area contributed by atoms with E-state index >= 15 is 0 Å². The Morgan fingerprint density at radius 1 is 1.29 bits per heavy atom. The fourth-order valence-electron chi connectivity index (χ4n) is 1.61. The summed E-state index contributed by atoms with van der Waals surface area (Å²) in [4.78, 5) is 15.9. The van der Waals surface area contributed by atoms with E-state index in [1.165, 1.54) is 0 Å². The number of hydrogen-bond donors (Lipinski definition) is 2. The van der Waals surface area contributed by atoms with Gasteiger partial charge in [-0.1, -0.05) is 27.7 Å². The first-order valence-corrected chi connectivity index (χ1v) is 7.55. The number of ether oxygens (including phenoxy) is 1. The molecule has 0 fully saturated rings. The summed E-state index contributed by atoms with van der Waals surface area (Å²) in [6.45, 7) is 9.90. The molecule has 0 aliphatic carbocycles. The highest BCUT2D eigenvalue weighted by Crippen LogP contribution is 2.09. The van der Waals surface area contributed by atoms with E-state index in [1.807, 2.05) is 12.1 Å². The Morgan fingerprint density at radius 2 is 2.05 bits per heavy atom. The number of hydrogen-bond acceptors (Lipinski definition) is 4. The van der Waals surface area contributed by atoms with Crippen LogP contribution in [0.3, 0.4) is 0 Å². The van der Waals surface area contributed by atoms with Crippen LogP contribution in [0, 0.1) is 5.92 Å². The summed E-state index contributed by atoms with van der Waals surface area (Å²) in [5.41, 5.74) is 0.956. The van der Waals surface area contributed by atoms with Gasteiger partial charge in [-0.05, 0) is 24.5 Å². The highest BCUT2D eigenvalue weighted by atomic mass is 16.5. The summed E-state index contributed by atoms with van der Waals surface area (Å²) in [5.74, 6) is 1.10. The molecule has 5 heteroatoms. The van der Waals surface area contributed by atoms with Gasteiger partial charge in [0, 0.05) is 19.1 Å². The van der Waals surface area contributed by atoms with Crippen molar-refractivity contribution in [3.63, 3.8) is 0 Å². The molecule has 0 bridgehead atoms. The van der Waals surface area contributed by atoms with Crippen LogP contribution in [0.15, 0.2) is 18.3 Å². The number of pyridine rings is 1. The van der Waals surface area contributed by atoms with E-state index in [4.69, 9.17) is 4.74 Å². The van der Waals surface area contributed by atoms with Gasteiger partial charge in [0.1, 0.15) is 5.75 Å². The number of aromatic nitrogens is 1. The van der Waals surface area contributed by atoms with E-state index in [0.29, 0.717) is 24.3 Å². The van der Waals surface area contributed by atoms with Gasteiger partial charge in [0.25, 0.3) is 5.91 Å². The Bertz CT molecular complexity index is 416. The molecule has 118 valence electrons. The maximum absolute atomic E-state index is 11.6. The summed E-state index contributed by atoms with van der Waals surface area (Å²) >= 11 is 0. The van der Waals surface area contributed by atoms with Crippen molar-refractivity contribution in [2.75, 3.05) is 13.2 Å². The maximum Gasteiger partial charge on any atom is 0.257 e. The van der Waals surface area contributed by atoms with E-state index in [-0.39, 0.29) is 12.5 Å². The van der Waals surface area contributed by atoms with Crippen LogP contribution in [-0.4, -0.2) is 30.1 Å². The summed E-state index contributed by atoms with van der Waals surface area (Å²) in [5, 5.41) is 6.13. The lowest BCUT2D eigenvalue weighted by Gasteiger charge is -2.10. The van der Waals surface area contributed by atoms with Gasteiger partial charge in [-0.3, -0.25) is 9.78 Å². The highest BCUT2D eigenvalue weighted by molar-refractivity contribution is 5.77. The lowest BCUT2D eigenvalue weighted by molar-refractivity contribution is -0.123. The Morgan fingerprint density at radius 3 is 2.62 bits per heavy atom. The molecule has 0 radical (unpaired) electrons. The van der Waals surface area contributed by atoms with Crippen LogP contribution in [-0.2, 0) is 11.3 Å². The van der Waals surface area contributed by atoms with E-state index in [9.17, 15) is 4.79 Å². The third kappa shape index (κ3) is 8.30. The highest BCUT2D eigenvalue weighted by Gasteiger charge is 2.04. The van der Waals surface area contributed by atoms with Crippen molar-refractivity contribution in [2.45, 2.75) is 46.7 Å². The van der Waals surface area contributed by atoms with Crippen LogP contribution in [0.5, 0.6) is 5.75 Å². The van der Waals surface area contributed by atoms with Gasteiger partial charge in [0.2, 0.25) is 0 Å². The van der Waals surface area contributed by atoms with Crippen LogP contribution in [0.1, 0.15) is 39.8 Å². The second-order valence-corrected chi connectivity index (χ2v) is 5.84. The summed E-state index contributed by atoms with van der Waals surface area (Å²) in [6.07, 6.45) is 2.63. The van der Waals surface area contributed by atoms with Crippen molar-refractivity contribution in [1.82, 2.24) is 15.6 Å². The lowest BCUT2D eigenvalue weighted by Crippen LogP contribution is -2.30. The van der Waals surface area contributed by atoms with Crippen molar-refractivity contribution in [3.05, 3.63) is 24.0 Å². The molecule has 0 saturated carbocycles. The standard InChI is InChI=1S/C16H27N3O2/c1-12(2)7-8-17-16(20)11-21-15-6-5-14(19-10-15)9-18-13(3)4/h5-6,10,12-13,18H,7-9,11H2,1-4H3,(H,17,20). The van der Waals surface area contributed by atoms with Crippen LogP contribution in [0.2, 0.25) is 0 Å². The number of nitrogens with zero attached hydrogens (tertiary/aromatic N) is 1. The van der Waals surface area contributed by atoms with E-state index in [1.54, 1.807) is 6.20 Å². The molecule has 2 N–H and O–H groups in total. The van der Waals surface area contributed by atoms with Crippen molar-refractivity contribution < 1.29 is 9.53 Å². The summed E-state index contributed by atoms with van der Waals surface area (Å²) < 4.78 is 5.41. The molecule has 0 atom stereocenters. The molecule has 0 saturated heterocycles. The SMILES string of the molecule is CC(C)CCNC(=O)COc1ccc(CNC(C)C)nc1. The number of amides is 1. The van der Waals surface area contributed by atoms with Gasteiger partial charge in [0.05, 0.1) is 11.9 Å². The first-order chi connectivity index (χ1) is 9.97.